The fraction of sp³-hybridized carbons (Fsp3) is 0.391. The normalized spacial score (nSPS) is 16.2. The Labute approximate surface area is 178 Å². The Morgan fingerprint density at radius 1 is 0.967 bits per heavy atom. The smallest absolute Gasteiger partial charge is 0.268 e. The van der Waals surface area contributed by atoms with Gasteiger partial charge in [-0.2, -0.15) is 0 Å². The largest absolute Gasteiger partial charge is 0.497 e. The van der Waals surface area contributed by atoms with Gasteiger partial charge in [0, 0.05) is 43.8 Å². The molecule has 0 atom stereocenters. The molecular formula is C23H29N3O3S. The number of fused-ring (bicyclic) bond motifs is 1. The van der Waals surface area contributed by atoms with Gasteiger partial charge in [-0.25, -0.2) is 12.4 Å². The number of piperazine rings is 1. The summed E-state index contributed by atoms with van der Waals surface area (Å²) in [5, 5.41) is 0.968. The lowest BCUT2D eigenvalue weighted by Gasteiger charge is -2.32. The topological polar surface area (TPSA) is 54.8 Å². The predicted molar refractivity (Wildman–Crippen MR) is 120 cm³/mol. The molecule has 2 aromatic carbocycles. The Morgan fingerprint density at radius 3 is 2.30 bits per heavy atom. The van der Waals surface area contributed by atoms with Crippen molar-refractivity contribution in [3.8, 4) is 5.75 Å². The lowest BCUT2D eigenvalue weighted by atomic mass is 10.1. The second kappa shape index (κ2) is 8.41. The predicted octanol–water partition coefficient (Wildman–Crippen LogP) is 3.20. The molecule has 0 bridgehead atoms. The number of hydrogen-bond acceptors (Lipinski definition) is 5. The summed E-state index contributed by atoms with van der Waals surface area (Å²) in [6.07, 6.45) is 0.917. The fourth-order valence-corrected chi connectivity index (χ4v) is 5.53. The highest BCUT2D eigenvalue weighted by Crippen LogP contribution is 2.28. The minimum absolute atomic E-state index is 0.264. The van der Waals surface area contributed by atoms with Crippen molar-refractivity contribution in [1.29, 1.82) is 0 Å². The van der Waals surface area contributed by atoms with Crippen LogP contribution in [0.1, 0.15) is 18.2 Å². The van der Waals surface area contributed by atoms with E-state index in [2.05, 4.69) is 29.8 Å². The molecule has 2 heterocycles. The quantitative estimate of drug-likeness (QED) is 0.605. The van der Waals surface area contributed by atoms with Crippen LogP contribution in [-0.4, -0.2) is 62.5 Å². The summed E-state index contributed by atoms with van der Waals surface area (Å²) >= 11 is 0. The molecule has 0 unspecified atom stereocenters. The zero-order valence-electron chi connectivity index (χ0n) is 17.8. The fourth-order valence-electron chi connectivity index (χ4n) is 4.00. The van der Waals surface area contributed by atoms with Crippen molar-refractivity contribution in [3.05, 3.63) is 59.8 Å². The zero-order valence-corrected chi connectivity index (χ0v) is 18.7. The lowest BCUT2D eigenvalue weighted by Crippen LogP contribution is -2.44. The molecule has 1 fully saturated rings. The Balaban J connectivity index is 1.80. The van der Waals surface area contributed by atoms with Gasteiger partial charge in [0.25, 0.3) is 10.0 Å². The standard InChI is InChI=1S/C23H29N3O3S/c1-4-18-5-10-23-19(15-18)16-20(17-25-13-11-24(2)12-14-25)26(23)30(27,28)22-8-6-21(29-3)7-9-22/h5-10,15-16H,4,11-14,17H2,1-3H3. The molecule has 3 aromatic rings. The molecule has 160 valence electrons. The van der Waals surface area contributed by atoms with Crippen LogP contribution in [0, 0.1) is 0 Å². The summed E-state index contributed by atoms with van der Waals surface area (Å²) in [7, 11) is -0.0433. The van der Waals surface area contributed by atoms with Gasteiger partial charge in [0.15, 0.2) is 0 Å². The van der Waals surface area contributed by atoms with Gasteiger partial charge in [0.1, 0.15) is 5.75 Å². The first-order chi connectivity index (χ1) is 14.4. The molecule has 1 aliphatic heterocycles. The molecule has 1 aromatic heterocycles. The van der Waals surface area contributed by atoms with Crippen LogP contribution in [0.3, 0.4) is 0 Å². The zero-order chi connectivity index (χ0) is 21.3. The van der Waals surface area contributed by atoms with E-state index in [1.807, 2.05) is 18.2 Å². The van der Waals surface area contributed by atoms with Crippen LogP contribution in [-0.2, 0) is 23.0 Å². The van der Waals surface area contributed by atoms with Crippen LogP contribution >= 0.6 is 0 Å². The molecule has 0 saturated carbocycles. The van der Waals surface area contributed by atoms with Gasteiger partial charge in [-0.1, -0.05) is 13.0 Å². The minimum atomic E-state index is -3.73. The van der Waals surface area contributed by atoms with Crippen molar-refractivity contribution in [2.45, 2.75) is 24.8 Å². The maximum absolute atomic E-state index is 13.7. The van der Waals surface area contributed by atoms with E-state index in [-0.39, 0.29) is 4.90 Å². The maximum atomic E-state index is 13.7. The van der Waals surface area contributed by atoms with Gasteiger partial charge < -0.3 is 9.64 Å². The highest BCUT2D eigenvalue weighted by Gasteiger charge is 2.25. The van der Waals surface area contributed by atoms with E-state index in [1.54, 1.807) is 31.4 Å². The van der Waals surface area contributed by atoms with Crippen LogP contribution < -0.4 is 4.74 Å². The monoisotopic (exact) mass is 427 g/mol. The second-order valence-electron chi connectivity index (χ2n) is 7.91. The molecular weight excluding hydrogens is 398 g/mol. The van der Waals surface area contributed by atoms with E-state index in [4.69, 9.17) is 4.74 Å². The van der Waals surface area contributed by atoms with E-state index in [0.717, 1.165) is 49.2 Å². The average Bonchev–Trinajstić information content (AvgIpc) is 3.13. The molecule has 7 heteroatoms. The number of likely N-dealkylation sites (N-methyl/N-ethyl adjacent to an activating group) is 1. The molecule has 30 heavy (non-hydrogen) atoms. The number of aryl methyl sites for hydroxylation is 1. The summed E-state index contributed by atoms with van der Waals surface area (Å²) < 4.78 is 34.1. The summed E-state index contributed by atoms with van der Waals surface area (Å²) in [5.41, 5.74) is 2.73. The third-order valence-electron chi connectivity index (χ3n) is 5.88. The van der Waals surface area contributed by atoms with Crippen LogP contribution in [0.5, 0.6) is 5.75 Å². The Kier molecular flexibility index (Phi) is 5.86. The van der Waals surface area contributed by atoms with E-state index < -0.39 is 10.0 Å². The van der Waals surface area contributed by atoms with Gasteiger partial charge in [0.05, 0.1) is 17.5 Å². The molecule has 0 aliphatic carbocycles. The van der Waals surface area contributed by atoms with Crippen molar-refractivity contribution >= 4 is 20.9 Å². The third kappa shape index (κ3) is 3.97. The van der Waals surface area contributed by atoms with Crippen molar-refractivity contribution in [2.24, 2.45) is 0 Å². The Hall–Kier alpha value is -2.35. The van der Waals surface area contributed by atoms with Crippen LogP contribution in [0.15, 0.2) is 53.4 Å². The highest BCUT2D eigenvalue weighted by atomic mass is 32.2. The minimum Gasteiger partial charge on any atom is -0.497 e. The van der Waals surface area contributed by atoms with Gasteiger partial charge in [-0.3, -0.25) is 4.90 Å². The SMILES string of the molecule is CCc1ccc2c(c1)cc(CN1CCN(C)CC1)n2S(=O)(=O)c1ccc(OC)cc1. The Bertz CT molecular complexity index is 1130. The number of benzene rings is 2. The van der Waals surface area contributed by atoms with Gasteiger partial charge in [0.2, 0.25) is 0 Å². The van der Waals surface area contributed by atoms with Crippen molar-refractivity contribution in [2.75, 3.05) is 40.3 Å². The van der Waals surface area contributed by atoms with Gasteiger partial charge in [-0.15, -0.1) is 0 Å². The second-order valence-corrected chi connectivity index (χ2v) is 9.69. The first-order valence-corrected chi connectivity index (χ1v) is 11.8. The molecule has 6 nitrogen and oxygen atoms in total. The molecule has 0 spiro atoms. The highest BCUT2D eigenvalue weighted by molar-refractivity contribution is 7.90. The maximum Gasteiger partial charge on any atom is 0.268 e. The molecule has 0 amide bonds. The van der Waals surface area contributed by atoms with Crippen LogP contribution in [0.4, 0.5) is 0 Å². The van der Waals surface area contributed by atoms with E-state index >= 15 is 0 Å². The van der Waals surface area contributed by atoms with Crippen molar-refractivity contribution in [3.63, 3.8) is 0 Å². The average molecular weight is 428 g/mol. The van der Waals surface area contributed by atoms with Crippen molar-refractivity contribution in [1.82, 2.24) is 13.8 Å². The van der Waals surface area contributed by atoms with Crippen LogP contribution in [0.2, 0.25) is 0 Å². The van der Waals surface area contributed by atoms with Crippen LogP contribution in [0.25, 0.3) is 10.9 Å². The molecule has 0 radical (unpaired) electrons. The number of rotatable bonds is 6. The number of ether oxygens (including phenoxy) is 1. The van der Waals surface area contributed by atoms with E-state index in [9.17, 15) is 8.42 Å². The summed E-state index contributed by atoms with van der Waals surface area (Å²) in [5.74, 6) is 0.636. The lowest BCUT2D eigenvalue weighted by molar-refractivity contribution is 0.147. The molecule has 4 rings (SSSR count). The summed E-state index contributed by atoms with van der Waals surface area (Å²) in [6.45, 7) is 6.56. The number of nitrogens with zero attached hydrogens (tertiary/aromatic N) is 3. The van der Waals surface area contributed by atoms with Crippen molar-refractivity contribution < 1.29 is 13.2 Å². The molecule has 1 saturated heterocycles. The summed E-state index contributed by atoms with van der Waals surface area (Å²) in [6, 6.07) is 14.7. The van der Waals surface area contributed by atoms with E-state index in [0.29, 0.717) is 12.3 Å². The molecule has 0 N–H and O–H groups in total. The van der Waals surface area contributed by atoms with Gasteiger partial charge >= 0.3 is 0 Å². The Morgan fingerprint density at radius 2 is 1.67 bits per heavy atom. The summed E-state index contributed by atoms with van der Waals surface area (Å²) in [4.78, 5) is 4.89. The van der Waals surface area contributed by atoms with E-state index in [1.165, 1.54) is 9.54 Å². The van der Waals surface area contributed by atoms with Gasteiger partial charge in [-0.05, 0) is 61.5 Å². The molecule has 1 aliphatic rings. The number of hydrogen-bond donors (Lipinski definition) is 0. The third-order valence-corrected chi connectivity index (χ3v) is 7.66. The first kappa shape index (κ1) is 20.9. The first-order valence-electron chi connectivity index (χ1n) is 10.4. The number of methoxy groups -OCH3 is 1. The number of aromatic nitrogens is 1.